The van der Waals surface area contributed by atoms with Crippen molar-refractivity contribution >= 4 is 11.7 Å². The summed E-state index contributed by atoms with van der Waals surface area (Å²) in [6.45, 7) is 1.33. The van der Waals surface area contributed by atoms with E-state index in [0.29, 0.717) is 18.0 Å². The van der Waals surface area contributed by atoms with Crippen molar-refractivity contribution in [3.8, 4) is 5.88 Å². The van der Waals surface area contributed by atoms with Crippen molar-refractivity contribution in [2.45, 2.75) is 25.3 Å². The van der Waals surface area contributed by atoms with Crippen molar-refractivity contribution in [1.82, 2.24) is 25.3 Å². The monoisotopic (exact) mass is 346 g/mol. The highest BCUT2D eigenvalue weighted by molar-refractivity contribution is 5.96. The Hall–Kier alpha value is -2.84. The van der Waals surface area contributed by atoms with Crippen LogP contribution in [0.25, 0.3) is 0 Å². The second kappa shape index (κ2) is 7.37. The third-order valence-corrected chi connectivity index (χ3v) is 4.32. The molecule has 25 heavy (non-hydrogen) atoms. The van der Waals surface area contributed by atoms with Gasteiger partial charge in [-0.05, 0) is 25.3 Å². The summed E-state index contributed by atoms with van der Waals surface area (Å²) < 4.78 is 6.68. The Balaban J connectivity index is 1.68. The summed E-state index contributed by atoms with van der Waals surface area (Å²) >= 11 is 0. The Morgan fingerprint density at radius 1 is 1.44 bits per heavy atom. The molecule has 2 aromatic rings. The predicted molar refractivity (Wildman–Crippen MR) is 91.9 cm³/mol. The van der Waals surface area contributed by atoms with Gasteiger partial charge in [-0.25, -0.2) is 5.10 Å². The Bertz CT molecular complexity index is 779. The fraction of sp³-hybridized carbons (Fsp3) is 0.500. The van der Waals surface area contributed by atoms with Gasteiger partial charge in [0.2, 0.25) is 5.88 Å². The quantitative estimate of drug-likeness (QED) is 0.807. The van der Waals surface area contributed by atoms with Crippen LogP contribution in [0.15, 0.2) is 23.1 Å². The fourth-order valence-electron chi connectivity index (χ4n) is 3.09. The molecular weight excluding hydrogens is 324 g/mol. The molecule has 1 saturated heterocycles. The number of hydrogen-bond acceptors (Lipinski definition) is 6. The SMILES string of the molecule is COc1nn(C)cc1C(=O)NCC1CCCCN1c1ccc(=O)[nH]n1. The molecule has 1 aliphatic heterocycles. The minimum atomic E-state index is -0.228. The van der Waals surface area contributed by atoms with Gasteiger partial charge in [-0.15, -0.1) is 5.10 Å². The zero-order valence-electron chi connectivity index (χ0n) is 14.4. The van der Waals surface area contributed by atoms with Crippen LogP contribution in [0.3, 0.4) is 0 Å². The first kappa shape index (κ1) is 17.0. The third kappa shape index (κ3) is 3.81. The molecule has 3 heterocycles. The number of nitrogens with zero attached hydrogens (tertiary/aromatic N) is 4. The number of methoxy groups -OCH3 is 1. The molecule has 1 amide bonds. The largest absolute Gasteiger partial charge is 0.479 e. The van der Waals surface area contributed by atoms with Crippen molar-refractivity contribution < 1.29 is 9.53 Å². The normalized spacial score (nSPS) is 17.4. The molecular formula is C16H22N6O3. The predicted octanol–water partition coefficient (Wildman–Crippen LogP) is 0.301. The Kier molecular flexibility index (Phi) is 5.01. The van der Waals surface area contributed by atoms with Gasteiger partial charge in [0, 0.05) is 38.4 Å². The maximum atomic E-state index is 12.4. The van der Waals surface area contributed by atoms with Gasteiger partial charge in [0.05, 0.1) is 7.11 Å². The maximum Gasteiger partial charge on any atom is 0.264 e. The molecule has 1 atom stereocenters. The van der Waals surface area contributed by atoms with Crippen molar-refractivity contribution in [2.24, 2.45) is 7.05 Å². The van der Waals surface area contributed by atoms with E-state index in [0.717, 1.165) is 31.6 Å². The number of amides is 1. The van der Waals surface area contributed by atoms with Crippen molar-refractivity contribution in [2.75, 3.05) is 25.1 Å². The summed E-state index contributed by atoms with van der Waals surface area (Å²) in [7, 11) is 3.23. The van der Waals surface area contributed by atoms with Gasteiger partial charge in [-0.1, -0.05) is 0 Å². The van der Waals surface area contributed by atoms with Gasteiger partial charge in [0.1, 0.15) is 11.4 Å². The number of aryl methyl sites for hydroxylation is 1. The lowest BCUT2D eigenvalue weighted by molar-refractivity contribution is 0.0946. The first-order valence-electron chi connectivity index (χ1n) is 8.26. The molecule has 0 aliphatic carbocycles. The van der Waals surface area contributed by atoms with E-state index in [2.05, 4.69) is 25.5 Å². The molecule has 2 aromatic heterocycles. The van der Waals surface area contributed by atoms with Crippen LogP contribution in [0, 0.1) is 0 Å². The number of piperidine rings is 1. The highest BCUT2D eigenvalue weighted by atomic mass is 16.5. The molecule has 0 spiro atoms. The summed E-state index contributed by atoms with van der Waals surface area (Å²) in [4.78, 5) is 25.8. The van der Waals surface area contributed by atoms with E-state index in [-0.39, 0.29) is 17.5 Å². The molecule has 9 nitrogen and oxygen atoms in total. The summed E-state index contributed by atoms with van der Waals surface area (Å²) in [6, 6.07) is 3.30. The number of H-pyrrole nitrogens is 1. The Morgan fingerprint density at radius 3 is 3.00 bits per heavy atom. The van der Waals surface area contributed by atoms with Crippen LogP contribution in [0.2, 0.25) is 0 Å². The number of ether oxygens (including phenoxy) is 1. The highest BCUT2D eigenvalue weighted by Gasteiger charge is 2.25. The molecule has 0 saturated carbocycles. The van der Waals surface area contributed by atoms with E-state index in [4.69, 9.17) is 4.74 Å². The van der Waals surface area contributed by atoms with Crippen molar-refractivity contribution in [1.29, 1.82) is 0 Å². The number of aromatic nitrogens is 4. The molecule has 134 valence electrons. The summed E-state index contributed by atoms with van der Waals surface area (Å²) in [6.07, 6.45) is 4.74. The smallest absolute Gasteiger partial charge is 0.264 e. The lowest BCUT2D eigenvalue weighted by Gasteiger charge is -2.36. The number of nitrogens with one attached hydrogen (secondary N) is 2. The minimum absolute atomic E-state index is 0.124. The number of anilines is 1. The lowest BCUT2D eigenvalue weighted by Crippen LogP contribution is -2.47. The van der Waals surface area contributed by atoms with Gasteiger partial charge in [-0.2, -0.15) is 5.10 Å². The molecule has 1 aliphatic rings. The molecule has 0 bridgehead atoms. The third-order valence-electron chi connectivity index (χ3n) is 4.32. The van der Waals surface area contributed by atoms with Gasteiger partial charge >= 0.3 is 0 Å². The Labute approximate surface area is 145 Å². The van der Waals surface area contributed by atoms with Crippen LogP contribution in [0.4, 0.5) is 5.82 Å². The van der Waals surface area contributed by atoms with Crippen molar-refractivity contribution in [3.63, 3.8) is 0 Å². The van der Waals surface area contributed by atoms with Crippen LogP contribution in [0.1, 0.15) is 29.6 Å². The van der Waals surface area contributed by atoms with Crippen LogP contribution in [0.5, 0.6) is 5.88 Å². The van der Waals surface area contributed by atoms with E-state index in [1.54, 1.807) is 24.0 Å². The van der Waals surface area contributed by atoms with Crippen LogP contribution in [-0.4, -0.2) is 52.1 Å². The molecule has 1 fully saturated rings. The van der Waals surface area contributed by atoms with Crippen molar-refractivity contribution in [3.05, 3.63) is 34.2 Å². The second-order valence-corrected chi connectivity index (χ2v) is 6.06. The fourth-order valence-corrected chi connectivity index (χ4v) is 3.09. The molecule has 3 rings (SSSR count). The number of aromatic amines is 1. The lowest BCUT2D eigenvalue weighted by atomic mass is 10.0. The van der Waals surface area contributed by atoms with Crippen LogP contribution in [-0.2, 0) is 7.05 Å². The number of hydrogen-bond donors (Lipinski definition) is 2. The zero-order valence-corrected chi connectivity index (χ0v) is 14.4. The molecule has 0 radical (unpaired) electrons. The van der Waals surface area contributed by atoms with Crippen LogP contribution >= 0.6 is 0 Å². The minimum Gasteiger partial charge on any atom is -0.479 e. The molecule has 9 heteroatoms. The van der Waals surface area contributed by atoms with E-state index in [1.807, 2.05) is 0 Å². The van der Waals surface area contributed by atoms with E-state index >= 15 is 0 Å². The van der Waals surface area contributed by atoms with E-state index in [1.165, 1.54) is 13.2 Å². The molecule has 1 unspecified atom stereocenters. The standard InChI is InChI=1S/C16H22N6O3/c1-21-10-12(16(20-21)25-2)15(24)17-9-11-5-3-4-8-22(11)13-6-7-14(23)19-18-13/h6-7,10-11H,3-5,8-9H2,1-2H3,(H,17,24)(H,19,23). The van der Waals surface area contributed by atoms with Gasteiger partial charge in [-0.3, -0.25) is 14.3 Å². The average molecular weight is 346 g/mol. The number of rotatable bonds is 5. The summed E-state index contributed by atoms with van der Waals surface area (Å²) in [5.41, 5.74) is 0.184. The average Bonchev–Trinajstić information content (AvgIpc) is 3.02. The zero-order chi connectivity index (χ0) is 17.8. The van der Waals surface area contributed by atoms with E-state index < -0.39 is 0 Å². The van der Waals surface area contributed by atoms with Crippen LogP contribution < -0.4 is 20.5 Å². The number of carbonyl (C=O) groups excluding carboxylic acids is 1. The first-order chi connectivity index (χ1) is 12.1. The first-order valence-corrected chi connectivity index (χ1v) is 8.26. The van der Waals surface area contributed by atoms with E-state index in [9.17, 15) is 9.59 Å². The summed E-state index contributed by atoms with van der Waals surface area (Å²) in [5.74, 6) is 0.810. The Morgan fingerprint density at radius 2 is 2.28 bits per heavy atom. The molecule has 2 N–H and O–H groups in total. The highest BCUT2D eigenvalue weighted by Crippen LogP contribution is 2.22. The molecule has 0 aromatic carbocycles. The maximum absolute atomic E-state index is 12.4. The van der Waals surface area contributed by atoms with Gasteiger partial charge < -0.3 is 15.0 Å². The summed E-state index contributed by atoms with van der Waals surface area (Å²) in [5, 5.41) is 13.6. The second-order valence-electron chi connectivity index (χ2n) is 6.06. The topological polar surface area (TPSA) is 105 Å². The number of carbonyl (C=O) groups is 1. The van der Waals surface area contributed by atoms with Gasteiger partial charge in [0.25, 0.3) is 11.5 Å². The van der Waals surface area contributed by atoms with Gasteiger partial charge in [0.15, 0.2) is 0 Å².